The highest BCUT2D eigenvalue weighted by Crippen LogP contribution is 2.37. The third kappa shape index (κ3) is 4.54. The molecule has 28 heavy (non-hydrogen) atoms. The van der Waals surface area contributed by atoms with Gasteiger partial charge in [-0.15, -0.1) is 0 Å². The number of carbonyl (C=O) groups excluding carboxylic acids is 1. The van der Waals surface area contributed by atoms with E-state index in [9.17, 15) is 4.79 Å². The molecular formula is C19H20ClN2O6+. The molecule has 0 fully saturated rings. The Labute approximate surface area is 164 Å². The van der Waals surface area contributed by atoms with Crippen LogP contribution in [0.2, 0.25) is 0 Å². The smallest absolute Gasteiger partial charge is 0.190 e. The summed E-state index contributed by atoms with van der Waals surface area (Å²) in [6.07, 6.45) is 11.0. The van der Waals surface area contributed by atoms with Gasteiger partial charge >= 0.3 is 0 Å². The van der Waals surface area contributed by atoms with E-state index in [1.807, 2.05) is 37.3 Å². The molecule has 0 saturated heterocycles. The van der Waals surface area contributed by atoms with Crippen LogP contribution in [-0.4, -0.2) is 34.5 Å². The van der Waals surface area contributed by atoms with Crippen molar-refractivity contribution in [2.45, 2.75) is 32.8 Å². The zero-order valence-electron chi connectivity index (χ0n) is 15.4. The molecule has 0 aromatic heterocycles. The molecule has 0 radical (unpaired) electrons. The molecule has 1 heterocycles. The average Bonchev–Trinajstić information content (AvgIpc) is 2.59. The summed E-state index contributed by atoms with van der Waals surface area (Å²) in [6.45, 7) is 4.91. The van der Waals surface area contributed by atoms with E-state index in [0.29, 0.717) is 18.4 Å². The average molecular weight is 408 g/mol. The lowest BCUT2D eigenvalue weighted by Crippen LogP contribution is -2.73. The normalized spacial score (nSPS) is 24.6. The fourth-order valence-corrected chi connectivity index (χ4v) is 3.38. The molecule has 0 saturated carbocycles. The number of nitrogens with one attached hydrogen (secondary N) is 1. The van der Waals surface area contributed by atoms with E-state index >= 15 is 0 Å². The summed E-state index contributed by atoms with van der Waals surface area (Å²) in [5.41, 5.74) is 5.48. The topological polar surface area (TPSA) is 142 Å². The number of ether oxygens (including phenoxy) is 1. The van der Waals surface area contributed by atoms with Crippen LogP contribution in [0.5, 0.6) is 0 Å². The van der Waals surface area contributed by atoms with Gasteiger partial charge in [-0.25, -0.2) is 9.98 Å². The molecule has 3 aliphatic carbocycles. The number of halogens is 1. The summed E-state index contributed by atoms with van der Waals surface area (Å²) < 4.78 is 38.9. The Bertz CT molecular complexity index is 909. The van der Waals surface area contributed by atoms with Crippen LogP contribution in [0.4, 0.5) is 0 Å². The largest absolute Gasteiger partial charge is 0.481 e. The summed E-state index contributed by atoms with van der Waals surface area (Å²) >= 11 is 0. The van der Waals surface area contributed by atoms with Gasteiger partial charge in [0.15, 0.2) is 17.6 Å². The number of aliphatic imine (C=N–C) groups is 1. The highest BCUT2D eigenvalue weighted by Gasteiger charge is 2.38. The number of Topliss-reactive ketones (excluding diaryl/α,β-unsaturated/α-hetero) is 1. The monoisotopic (exact) mass is 407 g/mol. The third-order valence-electron chi connectivity index (χ3n) is 4.40. The van der Waals surface area contributed by atoms with E-state index in [2.05, 4.69) is 11.9 Å². The van der Waals surface area contributed by atoms with Gasteiger partial charge in [-0.1, -0.05) is 18.2 Å². The number of allylic oxidation sites excluding steroid dienone is 7. The molecule has 0 aromatic carbocycles. The summed E-state index contributed by atoms with van der Waals surface area (Å²) in [5, 5.41) is 0. The van der Waals surface area contributed by atoms with Crippen molar-refractivity contribution < 1.29 is 43.4 Å². The first-order valence-electron chi connectivity index (χ1n) is 8.70. The van der Waals surface area contributed by atoms with Gasteiger partial charge in [0.1, 0.15) is 18.0 Å². The van der Waals surface area contributed by atoms with Gasteiger partial charge in [0.25, 0.3) is 0 Å². The van der Waals surface area contributed by atoms with E-state index < -0.39 is 10.2 Å². The predicted octanol–water partition coefficient (Wildman–Crippen LogP) is -2.80. The number of rotatable bonds is 1. The van der Waals surface area contributed by atoms with Gasteiger partial charge in [-0.2, -0.15) is 14.0 Å². The Morgan fingerprint density at radius 2 is 2.07 bits per heavy atom. The molecule has 4 aliphatic rings. The maximum absolute atomic E-state index is 12.5. The molecule has 1 aliphatic heterocycles. The van der Waals surface area contributed by atoms with Crippen LogP contribution in [0.15, 0.2) is 63.5 Å². The number of ketones is 1. The second kappa shape index (κ2) is 7.94. The van der Waals surface area contributed by atoms with E-state index in [1.54, 1.807) is 0 Å². The second-order valence-electron chi connectivity index (χ2n) is 6.49. The fraction of sp³-hybridized carbons (Fsp3) is 0.316. The standard InChI is InChI=1S/C19H18N2O2.ClHO4/c1-3-20-13-10-17-19(18-12(13)5-4-6-15(18)22)21-14-9-11(2)7-8-16(14)23-17;2-1(3,4)5/h4-5,7-9,16H,3,6,10H2,1-2H3;(H,2,3,4,5)/p+1. The minimum atomic E-state index is -4.69. The van der Waals surface area contributed by atoms with Crippen molar-refractivity contribution in [2.24, 2.45) is 4.99 Å². The quantitative estimate of drug-likeness (QED) is 0.481. The minimum absolute atomic E-state index is 0.114. The van der Waals surface area contributed by atoms with Crippen molar-refractivity contribution in [1.82, 2.24) is 0 Å². The molecule has 1 atom stereocenters. The van der Waals surface area contributed by atoms with Crippen LogP contribution in [0.1, 0.15) is 26.7 Å². The predicted molar refractivity (Wildman–Crippen MR) is 91.4 cm³/mol. The molecule has 0 amide bonds. The molecule has 1 unspecified atom stereocenters. The van der Waals surface area contributed by atoms with Crippen molar-refractivity contribution in [1.29, 1.82) is 0 Å². The maximum Gasteiger partial charge on any atom is 0.190 e. The molecule has 8 nitrogen and oxygen atoms in total. The van der Waals surface area contributed by atoms with Gasteiger partial charge in [-0.05, 0) is 31.6 Å². The van der Waals surface area contributed by atoms with E-state index in [4.69, 9.17) is 28.4 Å². The molecule has 0 bridgehead atoms. The number of hydrogen-bond acceptors (Lipinski definition) is 7. The molecule has 0 spiro atoms. The highest BCUT2D eigenvalue weighted by atomic mass is 35.7. The Morgan fingerprint density at radius 1 is 1.36 bits per heavy atom. The third-order valence-corrected chi connectivity index (χ3v) is 4.40. The Balaban J connectivity index is 0.000000403. The van der Waals surface area contributed by atoms with Crippen molar-refractivity contribution in [2.75, 3.05) is 6.54 Å². The first kappa shape index (κ1) is 20.4. The molecule has 4 rings (SSSR count). The Morgan fingerprint density at radius 3 is 2.75 bits per heavy atom. The van der Waals surface area contributed by atoms with Crippen LogP contribution in [0.25, 0.3) is 0 Å². The van der Waals surface area contributed by atoms with Crippen LogP contribution in [-0.2, 0) is 9.53 Å². The Kier molecular flexibility index (Phi) is 5.78. The van der Waals surface area contributed by atoms with Gasteiger partial charge in [0, 0.05) is 6.42 Å². The number of fused-ring (bicyclic) bond motifs is 2. The van der Waals surface area contributed by atoms with Crippen molar-refractivity contribution in [3.05, 3.63) is 58.6 Å². The molecule has 148 valence electrons. The molecular weight excluding hydrogens is 388 g/mol. The lowest BCUT2D eigenvalue weighted by Gasteiger charge is -2.31. The van der Waals surface area contributed by atoms with Gasteiger partial charge < -0.3 is 4.74 Å². The lowest BCUT2D eigenvalue weighted by molar-refractivity contribution is -1.92. The zero-order valence-corrected chi connectivity index (χ0v) is 16.2. The fourth-order valence-electron chi connectivity index (χ4n) is 3.38. The SMILES string of the molecule is CC[NH+]=C1CC2=C(N=C3C=C(C)C=CC3O2)C2=C1C=CCC2=O.[O-][Cl+3]([O-])([O-])O. The first-order chi connectivity index (χ1) is 13.2. The molecule has 9 heteroatoms. The van der Waals surface area contributed by atoms with Gasteiger partial charge in [-0.3, -0.25) is 4.79 Å². The van der Waals surface area contributed by atoms with Crippen LogP contribution in [0, 0.1) is 10.2 Å². The van der Waals surface area contributed by atoms with Crippen LogP contribution < -0.4 is 19.0 Å². The summed E-state index contributed by atoms with van der Waals surface area (Å²) in [7, 11) is -4.69. The maximum atomic E-state index is 12.5. The van der Waals surface area contributed by atoms with E-state index in [1.165, 1.54) is 0 Å². The molecule has 0 aromatic rings. The van der Waals surface area contributed by atoms with Crippen molar-refractivity contribution in [3.8, 4) is 0 Å². The van der Waals surface area contributed by atoms with Gasteiger partial charge in [0.2, 0.25) is 0 Å². The summed E-state index contributed by atoms with van der Waals surface area (Å²) in [4.78, 5) is 20.7. The minimum Gasteiger partial charge on any atom is -0.481 e. The lowest BCUT2D eigenvalue weighted by atomic mass is 9.84. The Hall–Kier alpha value is -2.36. The zero-order chi connectivity index (χ0) is 20.5. The molecule has 2 N–H and O–H groups in total. The highest BCUT2D eigenvalue weighted by molar-refractivity contribution is 6.16. The van der Waals surface area contributed by atoms with Crippen LogP contribution in [0.3, 0.4) is 0 Å². The first-order valence-corrected chi connectivity index (χ1v) is 9.96. The second-order valence-corrected chi connectivity index (χ2v) is 7.29. The number of hydrogen-bond donors (Lipinski definition) is 2. The van der Waals surface area contributed by atoms with Crippen molar-refractivity contribution in [3.63, 3.8) is 0 Å². The number of carbonyl (C=O) groups is 1. The van der Waals surface area contributed by atoms with Crippen molar-refractivity contribution >= 4 is 17.2 Å². The number of nitrogens with zero attached hydrogens (tertiary/aromatic N) is 1. The summed E-state index contributed by atoms with van der Waals surface area (Å²) in [6, 6.07) is 0. The van der Waals surface area contributed by atoms with E-state index in [-0.39, 0.29) is 11.9 Å². The van der Waals surface area contributed by atoms with Gasteiger partial charge in [0.05, 0.1) is 38.2 Å². The van der Waals surface area contributed by atoms with Crippen LogP contribution >= 0.6 is 0 Å². The van der Waals surface area contributed by atoms with E-state index in [0.717, 1.165) is 40.6 Å². The summed E-state index contributed by atoms with van der Waals surface area (Å²) in [5.74, 6) is 0.915.